The van der Waals surface area contributed by atoms with Gasteiger partial charge in [0.05, 0.1) is 28.9 Å². The van der Waals surface area contributed by atoms with Crippen molar-refractivity contribution in [3.05, 3.63) is 95.1 Å². The molecule has 7 heteroatoms. The quantitative estimate of drug-likeness (QED) is 0.258. The zero-order chi connectivity index (χ0) is 23.1. The molecule has 2 heterocycles. The van der Waals surface area contributed by atoms with Crippen molar-refractivity contribution >= 4 is 44.1 Å². The number of anilines is 1. The fraction of sp³-hybridized carbons (Fsp3) is 0.115. The van der Waals surface area contributed by atoms with Crippen LogP contribution in [0.15, 0.2) is 78.4 Å². The summed E-state index contributed by atoms with van der Waals surface area (Å²) in [5.74, 6) is -0.980. The summed E-state index contributed by atoms with van der Waals surface area (Å²) in [4.78, 5) is 32.5. The number of Topliss-reactive ketones (excluding diaryl/α,β-unsaturated/α-hetero) is 1. The molecule has 1 fully saturated rings. The van der Waals surface area contributed by atoms with Gasteiger partial charge in [0.15, 0.2) is 5.13 Å². The van der Waals surface area contributed by atoms with Crippen molar-refractivity contribution < 1.29 is 19.4 Å². The Kier molecular flexibility index (Phi) is 5.18. The molecule has 3 aromatic carbocycles. The lowest BCUT2D eigenvalue weighted by Gasteiger charge is -2.23. The lowest BCUT2D eigenvalue weighted by atomic mass is 9.95. The SMILES string of the molecule is COc1ccc2nc(N3C(=O)C(=O)/C(=C(/O)c4ccccc4)[C@H]3c3ccc(C)cc3)sc2c1. The fourth-order valence-corrected chi connectivity index (χ4v) is 4.99. The smallest absolute Gasteiger partial charge is 0.301 e. The summed E-state index contributed by atoms with van der Waals surface area (Å²) in [5.41, 5.74) is 2.98. The first-order chi connectivity index (χ1) is 16.0. The third-order valence-electron chi connectivity index (χ3n) is 5.68. The largest absolute Gasteiger partial charge is 0.507 e. The number of ether oxygens (including phenoxy) is 1. The first-order valence-electron chi connectivity index (χ1n) is 10.4. The van der Waals surface area contributed by atoms with E-state index in [4.69, 9.17) is 4.74 Å². The van der Waals surface area contributed by atoms with Crippen molar-refractivity contribution in [3.8, 4) is 5.75 Å². The number of aliphatic hydroxyl groups excluding tert-OH is 1. The highest BCUT2D eigenvalue weighted by atomic mass is 32.1. The molecule has 33 heavy (non-hydrogen) atoms. The Morgan fingerprint density at radius 3 is 2.45 bits per heavy atom. The molecule has 1 aromatic heterocycles. The Morgan fingerprint density at radius 1 is 1.03 bits per heavy atom. The topological polar surface area (TPSA) is 79.7 Å². The minimum absolute atomic E-state index is 0.0480. The lowest BCUT2D eigenvalue weighted by Crippen LogP contribution is -2.29. The van der Waals surface area contributed by atoms with E-state index in [1.54, 1.807) is 37.4 Å². The van der Waals surface area contributed by atoms with Crippen LogP contribution in [0.5, 0.6) is 5.75 Å². The van der Waals surface area contributed by atoms with E-state index < -0.39 is 17.7 Å². The first kappa shape index (κ1) is 20.9. The van der Waals surface area contributed by atoms with Crippen molar-refractivity contribution in [2.75, 3.05) is 12.0 Å². The molecule has 0 spiro atoms. The summed E-state index contributed by atoms with van der Waals surface area (Å²) in [6.45, 7) is 1.96. The van der Waals surface area contributed by atoms with E-state index in [-0.39, 0.29) is 11.3 Å². The molecular weight excluding hydrogens is 436 g/mol. The normalized spacial score (nSPS) is 17.6. The molecular formula is C26H20N2O4S. The van der Waals surface area contributed by atoms with Crippen LogP contribution in [-0.2, 0) is 9.59 Å². The molecule has 1 N–H and O–H groups in total. The second kappa shape index (κ2) is 8.18. The van der Waals surface area contributed by atoms with Gasteiger partial charge in [-0.15, -0.1) is 0 Å². The zero-order valence-corrected chi connectivity index (χ0v) is 18.8. The van der Waals surface area contributed by atoms with Gasteiger partial charge in [0.2, 0.25) is 0 Å². The van der Waals surface area contributed by atoms with Crippen molar-refractivity contribution in [1.29, 1.82) is 0 Å². The molecule has 0 aliphatic carbocycles. The van der Waals surface area contributed by atoms with Crippen molar-refractivity contribution in [1.82, 2.24) is 4.98 Å². The number of carbonyl (C=O) groups is 2. The standard InChI is InChI=1S/C26H20N2O4S/c1-15-8-10-16(11-9-15)22-21(23(29)17-6-4-3-5-7-17)24(30)25(31)28(22)26-27-19-13-12-18(32-2)14-20(19)33-26/h3-14,22,29H,1-2H3/b23-21+/t22-/m1/s1. The number of benzene rings is 3. The highest BCUT2D eigenvalue weighted by Gasteiger charge is 2.48. The number of aromatic nitrogens is 1. The maximum absolute atomic E-state index is 13.3. The predicted octanol–water partition coefficient (Wildman–Crippen LogP) is 5.24. The van der Waals surface area contributed by atoms with Crippen LogP contribution in [0.2, 0.25) is 0 Å². The number of carbonyl (C=O) groups excluding carboxylic acids is 2. The zero-order valence-electron chi connectivity index (χ0n) is 18.0. The third-order valence-corrected chi connectivity index (χ3v) is 6.69. The maximum Gasteiger partial charge on any atom is 0.301 e. The number of nitrogens with zero attached hydrogens (tertiary/aromatic N) is 2. The maximum atomic E-state index is 13.3. The summed E-state index contributed by atoms with van der Waals surface area (Å²) >= 11 is 1.30. The summed E-state index contributed by atoms with van der Waals surface area (Å²) in [5, 5.41) is 11.5. The lowest BCUT2D eigenvalue weighted by molar-refractivity contribution is -0.132. The molecule has 1 amide bonds. The summed E-state index contributed by atoms with van der Waals surface area (Å²) in [6.07, 6.45) is 0. The minimum atomic E-state index is -0.798. The Balaban J connectivity index is 1.72. The second-order valence-corrected chi connectivity index (χ2v) is 8.79. The molecule has 0 radical (unpaired) electrons. The van der Waals surface area contributed by atoms with E-state index in [0.717, 1.165) is 10.3 Å². The number of rotatable bonds is 4. The minimum Gasteiger partial charge on any atom is -0.507 e. The van der Waals surface area contributed by atoms with Gasteiger partial charge in [-0.3, -0.25) is 14.5 Å². The Hall–Kier alpha value is -3.97. The van der Waals surface area contributed by atoms with Gasteiger partial charge in [-0.2, -0.15) is 0 Å². The van der Waals surface area contributed by atoms with Crippen molar-refractivity contribution in [2.45, 2.75) is 13.0 Å². The van der Waals surface area contributed by atoms with Gasteiger partial charge in [-0.1, -0.05) is 71.5 Å². The van der Waals surface area contributed by atoms with Gasteiger partial charge in [0.1, 0.15) is 11.5 Å². The second-order valence-electron chi connectivity index (χ2n) is 7.78. The fourth-order valence-electron chi connectivity index (χ4n) is 3.97. The third kappa shape index (κ3) is 3.56. The van der Waals surface area contributed by atoms with Crippen LogP contribution >= 0.6 is 11.3 Å². The number of aliphatic hydroxyl groups is 1. The van der Waals surface area contributed by atoms with E-state index in [9.17, 15) is 14.7 Å². The number of methoxy groups -OCH3 is 1. The molecule has 1 aliphatic rings. The van der Waals surface area contributed by atoms with Crippen LogP contribution in [0, 0.1) is 6.92 Å². The highest BCUT2D eigenvalue weighted by Crippen LogP contribution is 2.44. The average Bonchev–Trinajstić information content (AvgIpc) is 3.37. The molecule has 0 bridgehead atoms. The summed E-state index contributed by atoms with van der Waals surface area (Å²) in [7, 11) is 1.59. The van der Waals surface area contributed by atoms with E-state index in [2.05, 4.69) is 4.98 Å². The van der Waals surface area contributed by atoms with Crippen LogP contribution in [0.1, 0.15) is 22.7 Å². The van der Waals surface area contributed by atoms with E-state index >= 15 is 0 Å². The number of thiazole rings is 1. The number of fused-ring (bicyclic) bond motifs is 1. The molecule has 1 aliphatic heterocycles. The average molecular weight is 457 g/mol. The van der Waals surface area contributed by atoms with Crippen molar-refractivity contribution in [3.63, 3.8) is 0 Å². The Labute approximate surface area is 194 Å². The molecule has 1 saturated heterocycles. The van der Waals surface area contributed by atoms with Gasteiger partial charge in [-0.25, -0.2) is 4.98 Å². The van der Waals surface area contributed by atoms with Crippen LogP contribution in [0.4, 0.5) is 5.13 Å². The van der Waals surface area contributed by atoms with Crippen molar-refractivity contribution in [2.24, 2.45) is 0 Å². The monoisotopic (exact) mass is 456 g/mol. The Bertz CT molecular complexity index is 1410. The van der Waals surface area contributed by atoms with Crippen LogP contribution in [0.25, 0.3) is 16.0 Å². The van der Waals surface area contributed by atoms with E-state index in [1.807, 2.05) is 49.4 Å². The molecule has 0 saturated carbocycles. The molecule has 5 rings (SSSR count). The Morgan fingerprint density at radius 2 is 1.76 bits per heavy atom. The number of hydrogen-bond donors (Lipinski definition) is 1. The molecule has 164 valence electrons. The molecule has 6 nitrogen and oxygen atoms in total. The number of amides is 1. The molecule has 4 aromatic rings. The van der Waals surface area contributed by atoms with Gasteiger partial charge in [0, 0.05) is 5.56 Å². The van der Waals surface area contributed by atoms with E-state index in [1.165, 1.54) is 16.2 Å². The van der Waals surface area contributed by atoms with Gasteiger partial charge in [-0.05, 0) is 30.7 Å². The summed E-state index contributed by atoms with van der Waals surface area (Å²) in [6, 6.07) is 21.0. The highest BCUT2D eigenvalue weighted by molar-refractivity contribution is 7.22. The van der Waals surface area contributed by atoms with Crippen LogP contribution in [-0.4, -0.2) is 28.9 Å². The number of hydrogen-bond acceptors (Lipinski definition) is 6. The molecule has 0 unspecified atom stereocenters. The van der Waals surface area contributed by atoms with Gasteiger partial charge < -0.3 is 9.84 Å². The summed E-state index contributed by atoms with van der Waals surface area (Å²) < 4.78 is 6.13. The van der Waals surface area contributed by atoms with Gasteiger partial charge in [0.25, 0.3) is 5.78 Å². The number of aryl methyl sites for hydroxylation is 1. The molecule has 1 atom stereocenters. The number of ketones is 1. The first-order valence-corrected chi connectivity index (χ1v) is 11.2. The van der Waals surface area contributed by atoms with Crippen LogP contribution in [0.3, 0.4) is 0 Å². The van der Waals surface area contributed by atoms with Gasteiger partial charge >= 0.3 is 5.91 Å². The van der Waals surface area contributed by atoms with E-state index in [0.29, 0.717) is 27.5 Å². The predicted molar refractivity (Wildman–Crippen MR) is 129 cm³/mol. The van der Waals surface area contributed by atoms with Crippen LogP contribution < -0.4 is 9.64 Å².